The Labute approximate surface area is 121 Å². The van der Waals surface area contributed by atoms with Crippen molar-refractivity contribution < 1.29 is 0 Å². The molecule has 1 aliphatic heterocycles. The fraction of sp³-hybridized carbons (Fsp3) is 0.471. The van der Waals surface area contributed by atoms with Crippen LogP contribution >= 0.6 is 0 Å². The molecule has 0 spiro atoms. The molecular weight excluding hydrogens is 246 g/mol. The third-order valence-electron chi connectivity index (χ3n) is 4.26. The molecule has 3 nitrogen and oxygen atoms in total. The Balaban J connectivity index is 1.98. The standard InChI is InChI=1S/C17H23N3/c1-13-7-9-20(10-8-13)17-11-14(12-18-2)15-5-3-4-6-16(15)19-17/h3-6,11,13,18H,7-10,12H2,1-2H3. The van der Waals surface area contributed by atoms with E-state index < -0.39 is 0 Å². The van der Waals surface area contributed by atoms with E-state index >= 15 is 0 Å². The summed E-state index contributed by atoms with van der Waals surface area (Å²) in [6.45, 7) is 5.49. The van der Waals surface area contributed by atoms with Crippen LogP contribution in [0.15, 0.2) is 30.3 Å². The maximum absolute atomic E-state index is 4.86. The van der Waals surface area contributed by atoms with Crippen molar-refractivity contribution in [3.05, 3.63) is 35.9 Å². The molecule has 2 heterocycles. The van der Waals surface area contributed by atoms with Crippen LogP contribution in [0, 0.1) is 5.92 Å². The van der Waals surface area contributed by atoms with Crippen LogP contribution in [0.2, 0.25) is 0 Å². The molecule has 0 saturated carbocycles. The molecular formula is C17H23N3. The second-order valence-electron chi connectivity index (χ2n) is 5.86. The number of piperidine rings is 1. The molecule has 1 N–H and O–H groups in total. The number of benzene rings is 1. The summed E-state index contributed by atoms with van der Waals surface area (Å²) in [5.74, 6) is 1.99. The second-order valence-corrected chi connectivity index (χ2v) is 5.86. The number of anilines is 1. The van der Waals surface area contributed by atoms with Gasteiger partial charge in [-0.05, 0) is 43.5 Å². The lowest BCUT2D eigenvalue weighted by molar-refractivity contribution is 0.437. The fourth-order valence-corrected chi connectivity index (χ4v) is 2.97. The summed E-state index contributed by atoms with van der Waals surface area (Å²) in [6.07, 6.45) is 2.55. The van der Waals surface area contributed by atoms with E-state index in [-0.39, 0.29) is 0 Å². The number of aromatic nitrogens is 1. The van der Waals surface area contributed by atoms with Crippen molar-refractivity contribution >= 4 is 16.7 Å². The fourth-order valence-electron chi connectivity index (χ4n) is 2.97. The molecule has 106 valence electrons. The zero-order valence-electron chi connectivity index (χ0n) is 12.4. The van der Waals surface area contributed by atoms with Gasteiger partial charge in [0.25, 0.3) is 0 Å². The first-order valence-electron chi connectivity index (χ1n) is 7.56. The van der Waals surface area contributed by atoms with Crippen LogP contribution in [-0.4, -0.2) is 25.1 Å². The molecule has 0 bridgehead atoms. The molecule has 0 radical (unpaired) electrons. The van der Waals surface area contributed by atoms with Crippen molar-refractivity contribution in [3.8, 4) is 0 Å². The van der Waals surface area contributed by atoms with Crippen molar-refractivity contribution in [1.29, 1.82) is 0 Å². The topological polar surface area (TPSA) is 28.2 Å². The van der Waals surface area contributed by atoms with Gasteiger partial charge in [-0.1, -0.05) is 25.1 Å². The van der Waals surface area contributed by atoms with Crippen LogP contribution in [-0.2, 0) is 6.54 Å². The highest BCUT2D eigenvalue weighted by atomic mass is 15.2. The number of fused-ring (bicyclic) bond motifs is 1. The van der Waals surface area contributed by atoms with Crippen LogP contribution in [0.5, 0.6) is 0 Å². The average Bonchev–Trinajstić information content (AvgIpc) is 2.48. The van der Waals surface area contributed by atoms with Crippen molar-refractivity contribution in [2.45, 2.75) is 26.3 Å². The van der Waals surface area contributed by atoms with Gasteiger partial charge in [0, 0.05) is 25.0 Å². The molecule has 20 heavy (non-hydrogen) atoms. The zero-order valence-corrected chi connectivity index (χ0v) is 12.4. The van der Waals surface area contributed by atoms with E-state index in [1.807, 2.05) is 7.05 Å². The highest BCUT2D eigenvalue weighted by molar-refractivity contribution is 5.84. The molecule has 1 aromatic heterocycles. The number of para-hydroxylation sites is 1. The first-order valence-corrected chi connectivity index (χ1v) is 7.56. The second kappa shape index (κ2) is 5.80. The predicted molar refractivity (Wildman–Crippen MR) is 85.1 cm³/mol. The molecule has 0 aliphatic carbocycles. The van der Waals surface area contributed by atoms with Crippen LogP contribution in [0.3, 0.4) is 0 Å². The average molecular weight is 269 g/mol. The number of hydrogen-bond acceptors (Lipinski definition) is 3. The molecule has 1 fully saturated rings. The Kier molecular flexibility index (Phi) is 3.88. The van der Waals surface area contributed by atoms with E-state index in [0.29, 0.717) is 0 Å². The van der Waals surface area contributed by atoms with Gasteiger partial charge in [0.1, 0.15) is 5.82 Å². The van der Waals surface area contributed by atoms with E-state index in [4.69, 9.17) is 4.98 Å². The number of hydrogen-bond donors (Lipinski definition) is 1. The van der Waals surface area contributed by atoms with Crippen LogP contribution in [0.4, 0.5) is 5.82 Å². The van der Waals surface area contributed by atoms with Gasteiger partial charge >= 0.3 is 0 Å². The van der Waals surface area contributed by atoms with E-state index in [2.05, 4.69) is 47.5 Å². The minimum Gasteiger partial charge on any atom is -0.357 e. The molecule has 1 saturated heterocycles. The molecule has 0 amide bonds. The summed E-state index contributed by atoms with van der Waals surface area (Å²) in [4.78, 5) is 7.30. The van der Waals surface area contributed by atoms with E-state index in [1.54, 1.807) is 0 Å². The van der Waals surface area contributed by atoms with E-state index in [1.165, 1.54) is 23.8 Å². The van der Waals surface area contributed by atoms with Gasteiger partial charge < -0.3 is 10.2 Å². The Morgan fingerprint density at radius 1 is 1.25 bits per heavy atom. The lowest BCUT2D eigenvalue weighted by Gasteiger charge is -2.31. The largest absolute Gasteiger partial charge is 0.357 e. The Hall–Kier alpha value is -1.61. The van der Waals surface area contributed by atoms with Crippen LogP contribution in [0.1, 0.15) is 25.3 Å². The molecule has 0 atom stereocenters. The van der Waals surface area contributed by atoms with Gasteiger partial charge in [-0.25, -0.2) is 4.98 Å². The summed E-state index contributed by atoms with van der Waals surface area (Å²) in [6, 6.07) is 10.7. The first-order chi connectivity index (χ1) is 9.78. The third-order valence-corrected chi connectivity index (χ3v) is 4.26. The lowest BCUT2D eigenvalue weighted by Crippen LogP contribution is -2.33. The molecule has 0 unspecified atom stereocenters. The van der Waals surface area contributed by atoms with Gasteiger partial charge in [0.2, 0.25) is 0 Å². The maximum atomic E-state index is 4.86. The van der Waals surface area contributed by atoms with Gasteiger partial charge in [-0.3, -0.25) is 0 Å². The number of pyridine rings is 1. The summed E-state index contributed by atoms with van der Waals surface area (Å²) in [5, 5.41) is 4.53. The van der Waals surface area contributed by atoms with Gasteiger partial charge in [0.05, 0.1) is 5.52 Å². The molecule has 3 heteroatoms. The highest BCUT2D eigenvalue weighted by Crippen LogP contribution is 2.26. The highest BCUT2D eigenvalue weighted by Gasteiger charge is 2.18. The third kappa shape index (κ3) is 2.63. The monoisotopic (exact) mass is 269 g/mol. The minimum absolute atomic E-state index is 0.850. The van der Waals surface area contributed by atoms with E-state index in [0.717, 1.165) is 36.9 Å². The number of nitrogens with zero attached hydrogens (tertiary/aromatic N) is 2. The summed E-state index contributed by atoms with van der Waals surface area (Å²) >= 11 is 0. The number of rotatable bonds is 3. The maximum Gasteiger partial charge on any atom is 0.129 e. The molecule has 1 aliphatic rings. The van der Waals surface area contributed by atoms with Gasteiger partial charge in [0.15, 0.2) is 0 Å². The SMILES string of the molecule is CNCc1cc(N2CCC(C)CC2)nc2ccccc12. The summed E-state index contributed by atoms with van der Waals surface area (Å²) in [5.41, 5.74) is 2.44. The van der Waals surface area contributed by atoms with Crippen LogP contribution in [0.25, 0.3) is 10.9 Å². The quantitative estimate of drug-likeness (QED) is 0.927. The molecule has 1 aromatic carbocycles. The zero-order chi connectivity index (χ0) is 13.9. The number of nitrogens with one attached hydrogen (secondary N) is 1. The minimum atomic E-state index is 0.850. The van der Waals surface area contributed by atoms with Gasteiger partial charge in [-0.15, -0.1) is 0 Å². The van der Waals surface area contributed by atoms with Crippen LogP contribution < -0.4 is 10.2 Å². The molecule has 2 aromatic rings. The Morgan fingerprint density at radius 2 is 2.00 bits per heavy atom. The van der Waals surface area contributed by atoms with Gasteiger partial charge in [-0.2, -0.15) is 0 Å². The van der Waals surface area contributed by atoms with Crippen molar-refractivity contribution in [2.24, 2.45) is 5.92 Å². The summed E-state index contributed by atoms with van der Waals surface area (Å²) < 4.78 is 0. The Morgan fingerprint density at radius 3 is 2.75 bits per heavy atom. The van der Waals surface area contributed by atoms with E-state index in [9.17, 15) is 0 Å². The van der Waals surface area contributed by atoms with Crippen molar-refractivity contribution in [2.75, 3.05) is 25.0 Å². The van der Waals surface area contributed by atoms with Crippen molar-refractivity contribution in [3.63, 3.8) is 0 Å². The van der Waals surface area contributed by atoms with Crippen molar-refractivity contribution in [1.82, 2.24) is 10.3 Å². The Bertz CT molecular complexity index is 586. The molecule has 3 rings (SSSR count). The first kappa shape index (κ1) is 13.4. The lowest BCUT2D eigenvalue weighted by atomic mass is 9.99. The predicted octanol–water partition coefficient (Wildman–Crippen LogP) is 3.19. The smallest absolute Gasteiger partial charge is 0.129 e. The normalized spacial score (nSPS) is 16.8. The summed E-state index contributed by atoms with van der Waals surface area (Å²) in [7, 11) is 2.00.